The molecule has 6 nitrogen and oxygen atoms in total. The fraction of sp³-hybridized carbons (Fsp3) is 0.367. The summed E-state index contributed by atoms with van der Waals surface area (Å²) in [7, 11) is 0. The van der Waals surface area contributed by atoms with Crippen LogP contribution >= 0.6 is 22.7 Å². The third kappa shape index (κ3) is 8.19. The van der Waals surface area contributed by atoms with Gasteiger partial charge in [-0.2, -0.15) is 0 Å². The van der Waals surface area contributed by atoms with Gasteiger partial charge in [-0.05, 0) is 37.1 Å². The van der Waals surface area contributed by atoms with E-state index in [0.717, 1.165) is 30.0 Å². The Labute approximate surface area is 285 Å². The number of nitrogens with zero attached hydrogens (tertiary/aromatic N) is 3. The second kappa shape index (κ2) is 16.0. The van der Waals surface area contributed by atoms with Gasteiger partial charge in [0.15, 0.2) is 22.4 Å². The molecule has 6 rings (SSSR count). The van der Waals surface area contributed by atoms with Crippen LogP contribution in [0.15, 0.2) is 47.2 Å². The van der Waals surface area contributed by atoms with Gasteiger partial charge in [0.25, 0.3) is 5.54 Å². The minimum atomic E-state index is -0.660. The zero-order chi connectivity index (χ0) is 29.7. The maximum atomic E-state index is 13.3. The number of hydrogen-bond donors (Lipinski definition) is 1. The molecule has 0 radical (unpaired) electrons. The first kappa shape index (κ1) is 36.4. The second-order valence-electron chi connectivity index (χ2n) is 10.2. The van der Waals surface area contributed by atoms with Gasteiger partial charge >= 0.3 is 18.9 Å². The number of thiazole rings is 2. The van der Waals surface area contributed by atoms with E-state index in [0.29, 0.717) is 73.3 Å². The SMILES string of the molecule is NCC1(c2nc(-c3cc(F)cc(F)c3)cs2)CCOCC1.[AlH3].[C-]#[N+]C1(c2nc(-c3cc(F)cc(F)c3)cs2)CCOCC1.[H-].[Li+]. The van der Waals surface area contributed by atoms with Gasteiger partial charge in [0, 0.05) is 59.2 Å². The van der Waals surface area contributed by atoms with E-state index in [9.17, 15) is 17.6 Å². The number of hydrogen-bond acceptors (Lipinski definition) is 7. The predicted molar refractivity (Wildman–Crippen MR) is 165 cm³/mol. The molecule has 0 unspecified atom stereocenters. The van der Waals surface area contributed by atoms with Crippen LogP contribution in [0.2, 0.25) is 0 Å². The maximum Gasteiger partial charge on any atom is 1.00 e. The van der Waals surface area contributed by atoms with Crippen molar-refractivity contribution in [3.63, 3.8) is 0 Å². The van der Waals surface area contributed by atoms with E-state index in [1.165, 1.54) is 46.9 Å². The first-order valence-electron chi connectivity index (χ1n) is 13.3. The van der Waals surface area contributed by atoms with Crippen LogP contribution in [0.1, 0.15) is 37.1 Å². The van der Waals surface area contributed by atoms with Gasteiger partial charge in [-0.1, -0.05) is 0 Å². The molecule has 44 heavy (non-hydrogen) atoms. The summed E-state index contributed by atoms with van der Waals surface area (Å²) in [6, 6.07) is 6.77. The zero-order valence-electron chi connectivity index (χ0n) is 24.5. The second-order valence-corrected chi connectivity index (χ2v) is 12.0. The molecule has 2 aliphatic rings. The van der Waals surface area contributed by atoms with Crippen molar-refractivity contribution < 1.29 is 47.3 Å². The first-order chi connectivity index (χ1) is 20.3. The Morgan fingerprint density at radius 2 is 1.16 bits per heavy atom. The van der Waals surface area contributed by atoms with Gasteiger partial charge in [-0.25, -0.2) is 34.1 Å². The molecular weight excluding hydrogens is 622 g/mol. The van der Waals surface area contributed by atoms with Crippen LogP contribution in [-0.2, 0) is 20.4 Å². The van der Waals surface area contributed by atoms with E-state index < -0.39 is 28.8 Å². The van der Waals surface area contributed by atoms with E-state index in [4.69, 9.17) is 21.8 Å². The summed E-state index contributed by atoms with van der Waals surface area (Å²) < 4.78 is 63.9. The Kier molecular flexibility index (Phi) is 13.2. The summed E-state index contributed by atoms with van der Waals surface area (Å²) in [5.74, 6) is -2.46. The van der Waals surface area contributed by atoms with E-state index in [-0.39, 0.29) is 43.1 Å². The molecule has 2 aliphatic heterocycles. The maximum absolute atomic E-state index is 13.3. The van der Waals surface area contributed by atoms with Gasteiger partial charge < -0.3 is 21.5 Å². The predicted octanol–water partition coefficient (Wildman–Crippen LogP) is 3.04. The number of halogens is 4. The van der Waals surface area contributed by atoms with Crippen LogP contribution in [-0.4, -0.2) is 60.3 Å². The van der Waals surface area contributed by atoms with Gasteiger partial charge in [0.2, 0.25) is 0 Å². The van der Waals surface area contributed by atoms with Crippen molar-refractivity contribution >= 4 is 40.0 Å². The van der Waals surface area contributed by atoms with Crippen molar-refractivity contribution in [3.05, 3.63) is 91.9 Å². The Morgan fingerprint density at radius 3 is 1.59 bits per heavy atom. The molecule has 0 spiro atoms. The zero-order valence-corrected chi connectivity index (χ0v) is 25.2. The van der Waals surface area contributed by atoms with Gasteiger partial charge in [-0.15, -0.1) is 22.7 Å². The fourth-order valence-electron chi connectivity index (χ4n) is 5.02. The van der Waals surface area contributed by atoms with Crippen LogP contribution in [0.4, 0.5) is 17.6 Å². The summed E-state index contributed by atoms with van der Waals surface area (Å²) in [4.78, 5) is 12.8. The molecule has 2 fully saturated rings. The third-order valence-electron chi connectivity index (χ3n) is 7.55. The molecule has 2 saturated heterocycles. The summed E-state index contributed by atoms with van der Waals surface area (Å²) in [5.41, 5.74) is 7.06. The quantitative estimate of drug-likeness (QED) is 0.204. The van der Waals surface area contributed by atoms with Crippen molar-refractivity contribution in [1.29, 1.82) is 0 Å². The van der Waals surface area contributed by atoms with Crippen molar-refractivity contribution in [2.45, 2.75) is 36.6 Å². The Morgan fingerprint density at radius 1 is 0.750 bits per heavy atom. The molecule has 2 aromatic heterocycles. The number of rotatable bonds is 5. The molecule has 0 bridgehead atoms. The fourth-order valence-corrected chi connectivity index (χ4v) is 7.16. The van der Waals surface area contributed by atoms with E-state index in [1.807, 2.05) is 5.38 Å². The van der Waals surface area contributed by atoms with E-state index in [2.05, 4.69) is 14.8 Å². The number of nitrogens with two attached hydrogens (primary N) is 1. The first-order valence-corrected chi connectivity index (χ1v) is 15.1. The largest absolute Gasteiger partial charge is 1.00 e. The smallest absolute Gasteiger partial charge is 1.00 e. The molecular formula is C30H32AlF4LiN4O2S2. The molecule has 4 heterocycles. The van der Waals surface area contributed by atoms with Gasteiger partial charge in [0.1, 0.15) is 28.3 Å². The average molecular weight is 655 g/mol. The monoisotopic (exact) mass is 654 g/mol. The number of benzene rings is 2. The Balaban J connectivity index is 0.000000294. The average Bonchev–Trinajstić information content (AvgIpc) is 3.69. The summed E-state index contributed by atoms with van der Waals surface area (Å²) in [6.07, 6.45) is 2.85. The van der Waals surface area contributed by atoms with Crippen LogP contribution in [0.3, 0.4) is 0 Å². The van der Waals surface area contributed by atoms with Crippen molar-refractivity contribution in [2.24, 2.45) is 5.73 Å². The van der Waals surface area contributed by atoms with Gasteiger partial charge in [0.05, 0.1) is 37.4 Å². The molecule has 14 heteroatoms. The van der Waals surface area contributed by atoms with Gasteiger partial charge in [-0.3, -0.25) is 0 Å². The van der Waals surface area contributed by atoms with Crippen LogP contribution in [0.25, 0.3) is 27.4 Å². The molecule has 228 valence electrons. The third-order valence-corrected chi connectivity index (χ3v) is 9.68. The van der Waals surface area contributed by atoms with Crippen LogP contribution in [0.5, 0.6) is 0 Å². The van der Waals surface area contributed by atoms with Crippen LogP contribution < -0.4 is 24.6 Å². The topological polar surface area (TPSA) is 74.6 Å². The van der Waals surface area contributed by atoms with Crippen molar-refractivity contribution in [2.75, 3.05) is 33.0 Å². The minimum absolute atomic E-state index is 0. The Bertz CT molecular complexity index is 1550. The minimum Gasteiger partial charge on any atom is -1.00 e. The molecule has 2 N–H and O–H groups in total. The summed E-state index contributed by atoms with van der Waals surface area (Å²) in [5, 5.41) is 5.19. The van der Waals surface area contributed by atoms with Crippen molar-refractivity contribution in [1.82, 2.24) is 9.97 Å². The van der Waals surface area contributed by atoms with E-state index in [1.54, 1.807) is 5.38 Å². The molecule has 2 aromatic carbocycles. The number of aromatic nitrogens is 2. The molecule has 0 amide bonds. The molecule has 0 saturated carbocycles. The standard InChI is InChI=1S/C15H12F2N2OS.C15H16F2N2OS.Al.Li.4H/c1-18-15(2-4-20-5-3-15)14-19-13(9-21-14)10-6-11(16)8-12(17)7-10;16-11-5-10(6-12(17)7-11)13-8-21-14(19-13)15(9-18)1-3-20-4-2-15;;;;;;/h6-9H,2-5H2;5-8H,1-4,9,18H2;;;;;;/q;;;+1;;;;-1. The Hall–Kier alpha value is -2.08. The number of ether oxygens (including phenoxy) is 2. The van der Waals surface area contributed by atoms with Crippen LogP contribution in [0, 0.1) is 29.8 Å². The molecule has 4 aromatic rings. The summed E-state index contributed by atoms with van der Waals surface area (Å²) in [6.45, 7) is 10.4. The van der Waals surface area contributed by atoms with Crippen molar-refractivity contribution in [3.8, 4) is 22.5 Å². The molecule has 0 aliphatic carbocycles. The summed E-state index contributed by atoms with van der Waals surface area (Å²) >= 11 is 2.86. The molecule has 0 atom stereocenters. The van der Waals surface area contributed by atoms with E-state index >= 15 is 0 Å². The normalized spacial score (nSPS) is 16.8.